The van der Waals surface area contributed by atoms with Gasteiger partial charge in [0.1, 0.15) is 0 Å². The van der Waals surface area contributed by atoms with Crippen molar-refractivity contribution < 1.29 is 4.79 Å². The molecule has 0 bridgehead atoms. The minimum Gasteiger partial charge on any atom is -0.298 e. The van der Waals surface area contributed by atoms with Crippen LogP contribution in [0.1, 0.15) is 5.56 Å². The van der Waals surface area contributed by atoms with Gasteiger partial charge >= 0.3 is 0 Å². The number of rotatable bonds is 2. The smallest absolute Gasteiger partial charge is 0.151 e. The first-order chi connectivity index (χ1) is 6.75. The molecule has 2 nitrogen and oxygen atoms in total. The highest BCUT2D eigenvalue weighted by atomic mass is 16.1. The predicted octanol–water partition coefficient (Wildman–Crippen LogP) is 1.36. The second-order valence-electron chi connectivity index (χ2n) is 4.05. The summed E-state index contributed by atoms with van der Waals surface area (Å²) < 4.78 is 0. The third-order valence-corrected chi connectivity index (χ3v) is 2.74. The predicted molar refractivity (Wildman–Crippen MR) is 56.1 cm³/mol. The second kappa shape index (κ2) is 3.93. The fourth-order valence-corrected chi connectivity index (χ4v) is 2.01. The van der Waals surface area contributed by atoms with Gasteiger partial charge < -0.3 is 0 Å². The number of nitrogens with zero attached hydrogens (tertiary/aromatic N) is 1. The number of Topliss-reactive ketones (excluding diaryl/α,β-unsaturated/α-hetero) is 1. The molecule has 1 heterocycles. The van der Waals surface area contributed by atoms with E-state index in [-0.39, 0.29) is 5.92 Å². The van der Waals surface area contributed by atoms with Crippen molar-refractivity contribution in [1.29, 1.82) is 0 Å². The molecule has 1 unspecified atom stereocenters. The van der Waals surface area contributed by atoms with Crippen molar-refractivity contribution in [3.8, 4) is 0 Å². The van der Waals surface area contributed by atoms with Crippen LogP contribution in [-0.4, -0.2) is 30.8 Å². The van der Waals surface area contributed by atoms with Gasteiger partial charge in [0.25, 0.3) is 0 Å². The molecule has 0 aliphatic carbocycles. The van der Waals surface area contributed by atoms with E-state index in [0.717, 1.165) is 13.0 Å². The highest BCUT2D eigenvalue weighted by Crippen LogP contribution is 2.16. The number of likely N-dealkylation sites (tertiary alicyclic amines) is 1. The molecule has 2 rings (SSSR count). The second-order valence-corrected chi connectivity index (χ2v) is 4.05. The van der Waals surface area contributed by atoms with Crippen LogP contribution in [0.25, 0.3) is 0 Å². The molecule has 1 aliphatic rings. The minimum atomic E-state index is 0.211. The lowest BCUT2D eigenvalue weighted by Crippen LogP contribution is -2.15. The maximum atomic E-state index is 11.5. The normalized spacial score (nSPS) is 22.9. The van der Waals surface area contributed by atoms with E-state index >= 15 is 0 Å². The number of likely N-dealkylation sites (N-methyl/N-ethyl adjacent to an activating group) is 1. The molecule has 0 saturated carbocycles. The lowest BCUT2D eigenvalue weighted by molar-refractivity contribution is -0.119. The minimum absolute atomic E-state index is 0.211. The Balaban J connectivity index is 2.02. The van der Waals surface area contributed by atoms with Crippen molar-refractivity contribution in [1.82, 2.24) is 4.90 Å². The van der Waals surface area contributed by atoms with Gasteiger partial charge in [-0.05, 0) is 19.0 Å². The lowest BCUT2D eigenvalue weighted by atomic mass is 9.98. The van der Waals surface area contributed by atoms with Crippen molar-refractivity contribution in [2.75, 3.05) is 20.1 Å². The van der Waals surface area contributed by atoms with E-state index in [1.54, 1.807) is 0 Å². The largest absolute Gasteiger partial charge is 0.298 e. The molecule has 1 fully saturated rings. The van der Waals surface area contributed by atoms with Gasteiger partial charge in [0.05, 0.1) is 6.54 Å². The summed E-state index contributed by atoms with van der Waals surface area (Å²) in [5, 5.41) is 0. The van der Waals surface area contributed by atoms with Crippen LogP contribution in [0.4, 0.5) is 0 Å². The van der Waals surface area contributed by atoms with Crippen LogP contribution in [-0.2, 0) is 11.2 Å². The molecule has 1 aromatic rings. The molecule has 0 amide bonds. The molecule has 74 valence electrons. The molecule has 0 N–H and O–H groups in total. The number of benzene rings is 1. The third-order valence-electron chi connectivity index (χ3n) is 2.74. The van der Waals surface area contributed by atoms with Crippen LogP contribution >= 0.6 is 0 Å². The average Bonchev–Trinajstić information content (AvgIpc) is 2.47. The summed E-state index contributed by atoms with van der Waals surface area (Å²) in [4.78, 5) is 13.6. The third kappa shape index (κ3) is 2.02. The van der Waals surface area contributed by atoms with Crippen LogP contribution in [0, 0.1) is 5.92 Å². The van der Waals surface area contributed by atoms with Gasteiger partial charge in [0, 0.05) is 12.5 Å². The van der Waals surface area contributed by atoms with Gasteiger partial charge in [-0.1, -0.05) is 30.3 Å². The summed E-state index contributed by atoms with van der Waals surface area (Å²) >= 11 is 0. The fraction of sp³-hybridized carbons (Fsp3) is 0.417. The first kappa shape index (κ1) is 9.41. The standard InChI is InChI=1S/C12H15NO/c1-13-8-11(12(14)9-13)7-10-5-3-2-4-6-10/h2-6,11H,7-9H2,1H3. The first-order valence-corrected chi connectivity index (χ1v) is 5.01. The zero-order valence-corrected chi connectivity index (χ0v) is 8.44. The Labute approximate surface area is 84.5 Å². The Morgan fingerprint density at radius 1 is 1.36 bits per heavy atom. The van der Waals surface area contributed by atoms with E-state index in [9.17, 15) is 4.79 Å². The quantitative estimate of drug-likeness (QED) is 0.700. The fourth-order valence-electron chi connectivity index (χ4n) is 2.01. The van der Waals surface area contributed by atoms with Crippen molar-refractivity contribution in [3.63, 3.8) is 0 Å². The number of ketones is 1. The summed E-state index contributed by atoms with van der Waals surface area (Å²) in [7, 11) is 2.00. The van der Waals surface area contributed by atoms with Gasteiger partial charge in [-0.3, -0.25) is 9.69 Å². The molecule has 0 spiro atoms. The molecule has 1 saturated heterocycles. The van der Waals surface area contributed by atoms with Crippen LogP contribution in [0.5, 0.6) is 0 Å². The Hall–Kier alpha value is -1.15. The van der Waals surface area contributed by atoms with E-state index in [1.807, 2.05) is 25.2 Å². The van der Waals surface area contributed by atoms with Crippen molar-refractivity contribution in [2.45, 2.75) is 6.42 Å². The van der Waals surface area contributed by atoms with Gasteiger partial charge in [-0.15, -0.1) is 0 Å². The first-order valence-electron chi connectivity index (χ1n) is 5.01. The molecule has 0 radical (unpaired) electrons. The van der Waals surface area contributed by atoms with Gasteiger partial charge in [-0.2, -0.15) is 0 Å². The van der Waals surface area contributed by atoms with Crippen molar-refractivity contribution in [3.05, 3.63) is 35.9 Å². The Morgan fingerprint density at radius 2 is 2.07 bits per heavy atom. The number of hydrogen-bond donors (Lipinski definition) is 0. The summed E-state index contributed by atoms with van der Waals surface area (Å²) in [5.41, 5.74) is 1.26. The summed E-state index contributed by atoms with van der Waals surface area (Å²) in [6.07, 6.45) is 0.893. The average molecular weight is 189 g/mol. The zero-order valence-electron chi connectivity index (χ0n) is 8.44. The van der Waals surface area contributed by atoms with Crippen molar-refractivity contribution in [2.24, 2.45) is 5.92 Å². The number of carbonyl (C=O) groups is 1. The van der Waals surface area contributed by atoms with E-state index < -0.39 is 0 Å². The Morgan fingerprint density at radius 3 is 2.64 bits per heavy atom. The SMILES string of the molecule is CN1CC(=O)C(Cc2ccccc2)C1. The van der Waals surface area contributed by atoms with Crippen molar-refractivity contribution >= 4 is 5.78 Å². The van der Waals surface area contributed by atoms with Crippen LogP contribution in [0.15, 0.2) is 30.3 Å². The highest BCUT2D eigenvalue weighted by Gasteiger charge is 2.27. The molecular formula is C12H15NO. The molecule has 14 heavy (non-hydrogen) atoms. The summed E-state index contributed by atoms with van der Waals surface area (Å²) in [6, 6.07) is 10.2. The molecular weight excluding hydrogens is 174 g/mol. The monoisotopic (exact) mass is 189 g/mol. The maximum absolute atomic E-state index is 11.5. The lowest BCUT2D eigenvalue weighted by Gasteiger charge is -2.08. The van der Waals surface area contributed by atoms with Crippen LogP contribution in [0.2, 0.25) is 0 Å². The number of carbonyl (C=O) groups excluding carboxylic acids is 1. The molecule has 1 atom stereocenters. The van der Waals surface area contributed by atoms with Crippen LogP contribution < -0.4 is 0 Å². The molecule has 1 aliphatic heterocycles. The Kier molecular flexibility index (Phi) is 2.64. The Bertz CT molecular complexity index is 320. The highest BCUT2D eigenvalue weighted by molar-refractivity contribution is 5.85. The van der Waals surface area contributed by atoms with Gasteiger partial charge in [0.2, 0.25) is 0 Å². The van der Waals surface area contributed by atoms with E-state index in [4.69, 9.17) is 0 Å². The topological polar surface area (TPSA) is 20.3 Å². The van der Waals surface area contributed by atoms with E-state index in [1.165, 1.54) is 5.56 Å². The van der Waals surface area contributed by atoms with E-state index in [2.05, 4.69) is 17.0 Å². The number of hydrogen-bond acceptors (Lipinski definition) is 2. The molecule has 2 heteroatoms. The van der Waals surface area contributed by atoms with Gasteiger partial charge in [0.15, 0.2) is 5.78 Å². The zero-order chi connectivity index (χ0) is 9.97. The van der Waals surface area contributed by atoms with E-state index in [0.29, 0.717) is 12.3 Å². The summed E-state index contributed by atoms with van der Waals surface area (Å²) in [5.74, 6) is 0.596. The molecule has 1 aromatic carbocycles. The molecule has 0 aromatic heterocycles. The van der Waals surface area contributed by atoms with Crippen LogP contribution in [0.3, 0.4) is 0 Å². The summed E-state index contributed by atoms with van der Waals surface area (Å²) in [6.45, 7) is 1.53. The maximum Gasteiger partial charge on any atom is 0.151 e. The van der Waals surface area contributed by atoms with Gasteiger partial charge in [-0.25, -0.2) is 0 Å².